The Morgan fingerprint density at radius 2 is 0.771 bits per heavy atom. The Balaban J connectivity index is 5.07. The highest BCUT2D eigenvalue weighted by molar-refractivity contribution is 7.45. The maximum absolute atomic E-state index is 13.6. The zero-order chi connectivity index (χ0) is 60.7. The lowest BCUT2D eigenvalue weighted by atomic mass is 10.0. The number of hydrogen-bond acceptors (Lipinski definition) is 7. The number of unbranched alkanes of at least 4 members (excludes halogenated alkanes) is 38. The molecule has 0 aliphatic carbocycles. The Hall–Kier alpha value is -2.55. The minimum absolute atomic E-state index is 0.0229. The number of allylic oxidation sites excluding steroid dienone is 11. The minimum atomic E-state index is -4.70. The first-order chi connectivity index (χ1) is 40.4. The number of phosphoric ester groups is 1. The Labute approximate surface area is 514 Å². The molecule has 3 atom stereocenters. The lowest BCUT2D eigenvalue weighted by molar-refractivity contribution is -0.870. The van der Waals surface area contributed by atoms with Gasteiger partial charge in [-0.3, -0.25) is 14.2 Å². The number of hydrogen-bond donors (Lipinski definition) is 1. The van der Waals surface area contributed by atoms with Crippen LogP contribution in [0.2, 0.25) is 0 Å². The van der Waals surface area contributed by atoms with Crippen LogP contribution in [0.1, 0.15) is 329 Å². The van der Waals surface area contributed by atoms with Crippen LogP contribution in [-0.2, 0) is 27.9 Å². The van der Waals surface area contributed by atoms with Crippen molar-refractivity contribution in [3.8, 4) is 0 Å². The van der Waals surface area contributed by atoms with Crippen LogP contribution in [0.25, 0.3) is 0 Å². The molecule has 0 fully saturated rings. The highest BCUT2D eigenvalue weighted by Gasteiger charge is 2.27. The third kappa shape index (κ3) is 63.8. The van der Waals surface area contributed by atoms with E-state index in [4.69, 9.17) is 13.8 Å². The van der Waals surface area contributed by atoms with Gasteiger partial charge in [-0.05, 0) is 76.7 Å². The van der Waals surface area contributed by atoms with Gasteiger partial charge in [0.05, 0.1) is 33.8 Å². The van der Waals surface area contributed by atoms with Crippen molar-refractivity contribution in [3.63, 3.8) is 0 Å². The van der Waals surface area contributed by atoms with E-state index in [9.17, 15) is 19.0 Å². The van der Waals surface area contributed by atoms with Gasteiger partial charge in [0.25, 0.3) is 7.82 Å². The summed E-state index contributed by atoms with van der Waals surface area (Å²) >= 11 is 0. The summed E-state index contributed by atoms with van der Waals surface area (Å²) in [6.07, 6.45) is 81.6. The van der Waals surface area contributed by atoms with Crippen LogP contribution in [0, 0.1) is 0 Å². The van der Waals surface area contributed by atoms with Gasteiger partial charge in [-0.2, -0.15) is 0 Å². The maximum atomic E-state index is 13.6. The fourth-order valence-corrected chi connectivity index (χ4v) is 11.0. The van der Waals surface area contributed by atoms with Crippen molar-refractivity contribution in [2.24, 2.45) is 0 Å². The predicted octanol–water partition coefficient (Wildman–Crippen LogP) is 21.7. The van der Waals surface area contributed by atoms with E-state index in [1.54, 1.807) is 0 Å². The molecule has 0 heterocycles. The summed E-state index contributed by atoms with van der Waals surface area (Å²) in [5.41, 5.74) is 0. The first kappa shape index (κ1) is 80.5. The summed E-state index contributed by atoms with van der Waals surface area (Å²) in [5, 5.41) is 3.05. The van der Waals surface area contributed by atoms with Gasteiger partial charge >= 0.3 is 5.97 Å². The van der Waals surface area contributed by atoms with Gasteiger partial charge in [-0.1, -0.05) is 312 Å². The number of carbonyl (C=O) groups is 2. The fraction of sp³-hybridized carbons (Fsp3) is 0.808. The molecule has 0 saturated heterocycles. The maximum Gasteiger partial charge on any atom is 0.306 e. The zero-order valence-corrected chi connectivity index (χ0v) is 56.3. The van der Waals surface area contributed by atoms with Crippen LogP contribution >= 0.6 is 7.82 Å². The average molecular weight is 1180 g/mol. The smallest absolute Gasteiger partial charge is 0.306 e. The van der Waals surface area contributed by atoms with Gasteiger partial charge in [-0.15, -0.1) is 0 Å². The molecule has 0 rings (SSSR count). The fourth-order valence-electron chi connectivity index (χ4n) is 10.3. The highest BCUT2D eigenvalue weighted by Crippen LogP contribution is 2.38. The number of likely N-dealkylation sites (N-methyl/N-ethyl adjacent to an activating group) is 1. The van der Waals surface area contributed by atoms with Crippen molar-refractivity contribution in [2.75, 3.05) is 40.9 Å². The Morgan fingerprint density at radius 3 is 1.16 bits per heavy atom. The topological polar surface area (TPSA) is 114 Å². The van der Waals surface area contributed by atoms with Crippen LogP contribution in [-0.4, -0.2) is 69.4 Å². The SMILES string of the molecule is CC/C=C\C/C=C\C/C=C\C/C=C\C/C=C\CCCCCCCCCCCCCC(=O)NC(COP(=O)([O-])OCC[N+](C)(C)C)C(/C=C\CCCCCCCCCCCCC)OC(=O)CCCCCCCCCCCCCCCCCCC. The van der Waals surface area contributed by atoms with Crippen LogP contribution < -0.4 is 10.2 Å². The molecule has 484 valence electrons. The molecule has 0 aromatic carbocycles. The highest BCUT2D eigenvalue weighted by atomic mass is 31.2. The van der Waals surface area contributed by atoms with Gasteiger partial charge in [0.1, 0.15) is 19.3 Å². The number of esters is 1. The molecule has 10 heteroatoms. The molecular weight excluding hydrogens is 1050 g/mol. The summed E-state index contributed by atoms with van der Waals surface area (Å²) in [4.78, 5) is 40.2. The number of rotatable bonds is 64. The van der Waals surface area contributed by atoms with Gasteiger partial charge in [0.15, 0.2) is 0 Å². The lowest BCUT2D eigenvalue weighted by Crippen LogP contribution is -2.47. The van der Waals surface area contributed by atoms with Gasteiger partial charge in [0.2, 0.25) is 5.91 Å². The predicted molar refractivity (Wildman–Crippen MR) is 358 cm³/mol. The Morgan fingerprint density at radius 1 is 0.434 bits per heavy atom. The van der Waals surface area contributed by atoms with E-state index < -0.39 is 20.0 Å². The van der Waals surface area contributed by atoms with Crippen LogP contribution in [0.3, 0.4) is 0 Å². The number of quaternary nitrogens is 1. The Kier molecular flexibility index (Phi) is 60.6. The molecule has 83 heavy (non-hydrogen) atoms. The summed E-state index contributed by atoms with van der Waals surface area (Å²) in [5.74, 6) is -0.532. The average Bonchev–Trinajstić information content (AvgIpc) is 3.47. The van der Waals surface area contributed by atoms with Crippen molar-refractivity contribution < 1.29 is 37.3 Å². The quantitative estimate of drug-likeness (QED) is 0.0212. The van der Waals surface area contributed by atoms with Crippen molar-refractivity contribution in [1.29, 1.82) is 0 Å². The lowest BCUT2D eigenvalue weighted by Gasteiger charge is -2.30. The zero-order valence-electron chi connectivity index (χ0n) is 55.4. The first-order valence-electron chi connectivity index (χ1n) is 35.2. The number of phosphoric acid groups is 1. The van der Waals surface area contributed by atoms with Gasteiger partial charge in [0, 0.05) is 12.8 Å². The standard InChI is InChI=1S/C73H135N2O7P/c1-7-10-13-16-19-22-25-28-30-32-33-34-35-36-37-38-39-40-41-43-44-47-50-53-56-59-62-65-72(76)74-70(69-81-83(78,79)80-68-67-75(4,5)6)71(64-61-58-55-52-49-46-27-24-21-18-15-12-9-3)82-73(77)66-63-60-57-54-51-48-45-42-31-29-26-23-20-17-14-11-8-2/h10,13,19,22,28,30,33-34,36-37,61,64,70-71H,7-9,11-12,14-18,20-21,23-27,29,31-32,35,38-60,62-63,65-69H2,1-6H3,(H-,74,76,78,79)/b13-10-,22-19-,30-28-,34-33-,37-36-,64-61-. The molecule has 0 aliphatic rings. The van der Waals surface area contributed by atoms with Gasteiger partial charge in [-0.25, -0.2) is 0 Å². The van der Waals surface area contributed by atoms with Crippen molar-refractivity contribution in [1.82, 2.24) is 5.32 Å². The summed E-state index contributed by atoms with van der Waals surface area (Å²) in [6, 6.07) is -0.891. The third-order valence-corrected chi connectivity index (χ3v) is 16.6. The van der Waals surface area contributed by atoms with E-state index in [0.29, 0.717) is 17.4 Å². The number of ether oxygens (including phenoxy) is 1. The molecule has 0 spiro atoms. The summed E-state index contributed by atoms with van der Waals surface area (Å²) in [7, 11) is 1.19. The van der Waals surface area contributed by atoms with Crippen molar-refractivity contribution >= 4 is 19.7 Å². The molecule has 0 bridgehead atoms. The van der Waals surface area contributed by atoms with E-state index >= 15 is 0 Å². The van der Waals surface area contributed by atoms with Crippen LogP contribution in [0.5, 0.6) is 0 Å². The first-order valence-corrected chi connectivity index (χ1v) is 36.7. The molecule has 0 aromatic rings. The number of nitrogens with zero attached hydrogens (tertiary/aromatic N) is 1. The molecule has 0 saturated carbocycles. The van der Waals surface area contributed by atoms with Crippen LogP contribution in [0.4, 0.5) is 0 Å². The number of nitrogens with one attached hydrogen (secondary N) is 1. The monoisotopic (exact) mass is 1180 g/mol. The molecular formula is C73H135N2O7P. The second kappa shape index (κ2) is 62.5. The molecule has 9 nitrogen and oxygen atoms in total. The summed E-state index contributed by atoms with van der Waals surface area (Å²) < 4.78 is 30.5. The summed E-state index contributed by atoms with van der Waals surface area (Å²) in [6.45, 7) is 6.77. The van der Waals surface area contributed by atoms with Gasteiger partial charge < -0.3 is 28.5 Å². The normalized spacial score (nSPS) is 14.0. The van der Waals surface area contributed by atoms with E-state index in [-0.39, 0.29) is 31.5 Å². The molecule has 0 radical (unpaired) electrons. The van der Waals surface area contributed by atoms with Crippen molar-refractivity contribution in [2.45, 2.75) is 341 Å². The minimum Gasteiger partial charge on any atom is -0.756 e. The number of carbonyl (C=O) groups excluding carboxylic acids is 2. The molecule has 1 amide bonds. The van der Waals surface area contributed by atoms with Crippen LogP contribution in [0.15, 0.2) is 72.9 Å². The molecule has 3 unspecified atom stereocenters. The van der Waals surface area contributed by atoms with E-state index in [1.165, 1.54) is 199 Å². The number of amides is 1. The van der Waals surface area contributed by atoms with Crippen molar-refractivity contribution in [3.05, 3.63) is 72.9 Å². The molecule has 1 N–H and O–H groups in total. The molecule has 0 aromatic heterocycles. The van der Waals surface area contributed by atoms with E-state index in [0.717, 1.165) is 96.3 Å². The second-order valence-corrected chi connectivity index (χ2v) is 26.4. The largest absolute Gasteiger partial charge is 0.756 e. The Bertz CT molecular complexity index is 1650. The van der Waals surface area contributed by atoms with E-state index in [1.807, 2.05) is 33.3 Å². The molecule has 0 aliphatic heterocycles. The second-order valence-electron chi connectivity index (χ2n) is 25.0. The third-order valence-electron chi connectivity index (χ3n) is 15.7. The van der Waals surface area contributed by atoms with E-state index in [2.05, 4.69) is 86.8 Å².